The van der Waals surface area contributed by atoms with Gasteiger partial charge in [-0.25, -0.2) is 0 Å². The van der Waals surface area contributed by atoms with Gasteiger partial charge in [-0.1, -0.05) is 42.5 Å². The first-order chi connectivity index (χ1) is 13.3. The van der Waals surface area contributed by atoms with Crippen LogP contribution in [0.15, 0.2) is 60.8 Å². The highest BCUT2D eigenvalue weighted by Crippen LogP contribution is 2.39. The van der Waals surface area contributed by atoms with Crippen molar-refractivity contribution in [3.63, 3.8) is 0 Å². The molecule has 27 heavy (non-hydrogen) atoms. The molecule has 1 aliphatic carbocycles. The summed E-state index contributed by atoms with van der Waals surface area (Å²) in [6, 6.07) is 18.4. The van der Waals surface area contributed by atoms with Gasteiger partial charge in [0.1, 0.15) is 0 Å². The lowest BCUT2D eigenvalue weighted by molar-refractivity contribution is -0.115. The van der Waals surface area contributed by atoms with Crippen molar-refractivity contribution in [2.75, 3.05) is 5.32 Å². The van der Waals surface area contributed by atoms with Crippen LogP contribution in [-0.2, 0) is 11.2 Å². The van der Waals surface area contributed by atoms with Crippen LogP contribution in [0.1, 0.15) is 30.0 Å². The number of aromatic amines is 2. The predicted molar refractivity (Wildman–Crippen MR) is 107 cm³/mol. The maximum atomic E-state index is 12.3. The lowest BCUT2D eigenvalue weighted by Gasteiger charge is -2.06. The Morgan fingerprint density at radius 1 is 1.11 bits per heavy atom. The summed E-state index contributed by atoms with van der Waals surface area (Å²) in [5.74, 6) is 1.15. The van der Waals surface area contributed by atoms with Crippen LogP contribution in [0.4, 0.5) is 5.82 Å². The van der Waals surface area contributed by atoms with Crippen molar-refractivity contribution >= 4 is 22.6 Å². The van der Waals surface area contributed by atoms with E-state index in [0.717, 1.165) is 27.9 Å². The lowest BCUT2D eigenvalue weighted by atomic mass is 10.0. The highest BCUT2D eigenvalue weighted by atomic mass is 16.1. The van der Waals surface area contributed by atoms with Crippen molar-refractivity contribution in [3.05, 3.63) is 72.1 Å². The largest absolute Gasteiger partial charge is 0.361 e. The first-order valence-electron chi connectivity index (χ1n) is 9.27. The molecule has 0 unspecified atom stereocenters. The Balaban J connectivity index is 1.28. The molecule has 2 heterocycles. The first kappa shape index (κ1) is 15.9. The molecule has 2 aromatic heterocycles. The number of amides is 1. The summed E-state index contributed by atoms with van der Waals surface area (Å²) in [5.41, 5.74) is 5.53. The number of anilines is 1. The molecular formula is C22H20N4O. The Kier molecular flexibility index (Phi) is 3.78. The quantitative estimate of drug-likeness (QED) is 0.488. The summed E-state index contributed by atoms with van der Waals surface area (Å²) in [4.78, 5) is 15.6. The van der Waals surface area contributed by atoms with Crippen molar-refractivity contribution in [1.82, 2.24) is 15.2 Å². The van der Waals surface area contributed by atoms with Crippen LogP contribution in [0.2, 0.25) is 0 Å². The van der Waals surface area contributed by atoms with Gasteiger partial charge in [0.25, 0.3) is 0 Å². The highest BCUT2D eigenvalue weighted by molar-refractivity contribution is 5.94. The van der Waals surface area contributed by atoms with Gasteiger partial charge in [-0.15, -0.1) is 0 Å². The van der Waals surface area contributed by atoms with Crippen LogP contribution in [-0.4, -0.2) is 21.1 Å². The summed E-state index contributed by atoms with van der Waals surface area (Å²) in [7, 11) is 0. The fourth-order valence-corrected chi connectivity index (χ4v) is 3.50. The van der Waals surface area contributed by atoms with E-state index in [1.54, 1.807) is 0 Å². The second-order valence-corrected chi connectivity index (χ2v) is 7.15. The standard InChI is InChI=1S/C22H20N4O/c27-21(24-20-13-19(25-26-20)16-8-9-16)12-14-4-6-15(7-5-14)18-3-1-2-17-10-11-23-22(17)18/h1-7,10-11,13,16,23H,8-9,12H2,(H2,24,25,26,27). The molecule has 0 saturated heterocycles. The number of H-pyrrole nitrogens is 2. The predicted octanol–water partition coefficient (Wildman–Crippen LogP) is 4.62. The summed E-state index contributed by atoms with van der Waals surface area (Å²) in [6.07, 6.45) is 4.70. The fraction of sp³-hybridized carbons (Fsp3) is 0.182. The van der Waals surface area contributed by atoms with Crippen LogP contribution in [0.25, 0.3) is 22.0 Å². The number of carbonyl (C=O) groups excluding carboxylic acids is 1. The number of fused-ring (bicyclic) bond motifs is 1. The average molecular weight is 356 g/mol. The molecule has 0 atom stereocenters. The number of nitrogens with one attached hydrogen (secondary N) is 3. The second-order valence-electron chi connectivity index (χ2n) is 7.15. The lowest BCUT2D eigenvalue weighted by Crippen LogP contribution is -2.14. The van der Waals surface area contributed by atoms with E-state index in [2.05, 4.69) is 56.9 Å². The topological polar surface area (TPSA) is 73.6 Å². The van der Waals surface area contributed by atoms with Crippen LogP contribution >= 0.6 is 0 Å². The van der Waals surface area contributed by atoms with E-state index in [1.165, 1.54) is 18.2 Å². The Hall–Kier alpha value is -3.34. The van der Waals surface area contributed by atoms with E-state index in [4.69, 9.17) is 0 Å². The smallest absolute Gasteiger partial charge is 0.229 e. The van der Waals surface area contributed by atoms with Crippen molar-refractivity contribution in [2.45, 2.75) is 25.2 Å². The van der Waals surface area contributed by atoms with Gasteiger partial charge in [0.15, 0.2) is 5.82 Å². The number of carbonyl (C=O) groups is 1. The zero-order valence-corrected chi connectivity index (χ0v) is 14.8. The molecule has 5 heteroatoms. The van der Waals surface area contributed by atoms with Crippen molar-refractivity contribution in [2.24, 2.45) is 0 Å². The van der Waals surface area contributed by atoms with Crippen LogP contribution in [0, 0.1) is 0 Å². The van der Waals surface area contributed by atoms with Crippen LogP contribution in [0.5, 0.6) is 0 Å². The number of hydrogen-bond acceptors (Lipinski definition) is 2. The third-order valence-electron chi connectivity index (χ3n) is 5.10. The molecule has 1 amide bonds. The summed E-state index contributed by atoms with van der Waals surface area (Å²) in [5, 5.41) is 11.3. The number of nitrogens with zero attached hydrogens (tertiary/aromatic N) is 1. The van der Waals surface area contributed by atoms with Gasteiger partial charge in [-0.3, -0.25) is 9.89 Å². The minimum absolute atomic E-state index is 0.0527. The highest BCUT2D eigenvalue weighted by Gasteiger charge is 2.25. The van der Waals surface area contributed by atoms with Gasteiger partial charge >= 0.3 is 0 Å². The van der Waals surface area contributed by atoms with E-state index in [0.29, 0.717) is 18.2 Å². The summed E-state index contributed by atoms with van der Waals surface area (Å²) < 4.78 is 0. The molecule has 5 rings (SSSR count). The maximum absolute atomic E-state index is 12.3. The molecule has 134 valence electrons. The van der Waals surface area contributed by atoms with Crippen LogP contribution < -0.4 is 5.32 Å². The Labute approximate surface area is 156 Å². The molecular weight excluding hydrogens is 336 g/mol. The summed E-state index contributed by atoms with van der Waals surface area (Å²) >= 11 is 0. The number of benzene rings is 2. The summed E-state index contributed by atoms with van der Waals surface area (Å²) in [6.45, 7) is 0. The molecule has 0 radical (unpaired) electrons. The minimum Gasteiger partial charge on any atom is -0.361 e. The Morgan fingerprint density at radius 3 is 2.78 bits per heavy atom. The van der Waals surface area contributed by atoms with E-state index >= 15 is 0 Å². The van der Waals surface area contributed by atoms with Gasteiger partial charge in [0.2, 0.25) is 5.91 Å². The van der Waals surface area contributed by atoms with Gasteiger partial charge in [0, 0.05) is 29.4 Å². The molecule has 0 bridgehead atoms. The third kappa shape index (κ3) is 3.24. The number of rotatable bonds is 5. The van der Waals surface area contributed by atoms with Gasteiger partial charge in [-0.05, 0) is 35.4 Å². The second kappa shape index (κ2) is 6.43. The minimum atomic E-state index is -0.0527. The zero-order chi connectivity index (χ0) is 18.2. The van der Waals surface area contributed by atoms with E-state index < -0.39 is 0 Å². The van der Waals surface area contributed by atoms with E-state index in [9.17, 15) is 4.79 Å². The normalized spacial score (nSPS) is 13.8. The van der Waals surface area contributed by atoms with Gasteiger partial charge in [0.05, 0.1) is 11.9 Å². The SMILES string of the molecule is O=C(Cc1ccc(-c2cccc3cc[nH]c23)cc1)Nc1cc(C2CC2)[nH]n1. The van der Waals surface area contributed by atoms with Crippen molar-refractivity contribution in [3.8, 4) is 11.1 Å². The molecule has 0 spiro atoms. The van der Waals surface area contributed by atoms with Crippen molar-refractivity contribution < 1.29 is 4.79 Å². The van der Waals surface area contributed by atoms with Gasteiger partial charge < -0.3 is 10.3 Å². The fourth-order valence-electron chi connectivity index (χ4n) is 3.50. The van der Waals surface area contributed by atoms with Crippen molar-refractivity contribution in [1.29, 1.82) is 0 Å². The molecule has 5 nitrogen and oxygen atoms in total. The Morgan fingerprint density at radius 2 is 1.96 bits per heavy atom. The first-order valence-corrected chi connectivity index (χ1v) is 9.27. The number of hydrogen-bond donors (Lipinski definition) is 3. The molecule has 3 N–H and O–H groups in total. The molecule has 2 aromatic carbocycles. The van der Waals surface area contributed by atoms with E-state index in [1.807, 2.05) is 24.4 Å². The molecule has 4 aromatic rings. The number of aromatic nitrogens is 3. The van der Waals surface area contributed by atoms with Crippen LogP contribution in [0.3, 0.4) is 0 Å². The van der Waals surface area contributed by atoms with E-state index in [-0.39, 0.29) is 5.91 Å². The number of para-hydroxylation sites is 1. The molecule has 1 fully saturated rings. The monoisotopic (exact) mass is 356 g/mol. The Bertz CT molecular complexity index is 1100. The average Bonchev–Trinajstić information content (AvgIpc) is 3.23. The molecule has 0 aliphatic heterocycles. The molecule has 1 aliphatic rings. The maximum Gasteiger partial charge on any atom is 0.229 e. The molecule has 1 saturated carbocycles. The van der Waals surface area contributed by atoms with Gasteiger partial charge in [-0.2, -0.15) is 5.10 Å². The third-order valence-corrected chi connectivity index (χ3v) is 5.10. The zero-order valence-electron chi connectivity index (χ0n) is 14.8.